The highest BCUT2D eigenvalue weighted by molar-refractivity contribution is 6.13. The summed E-state index contributed by atoms with van der Waals surface area (Å²) in [4.78, 5) is 113. The van der Waals surface area contributed by atoms with Crippen LogP contribution in [0.4, 0.5) is 0 Å². The highest BCUT2D eigenvalue weighted by Crippen LogP contribution is 2.49. The Labute approximate surface area is 632 Å². The summed E-state index contributed by atoms with van der Waals surface area (Å²) in [6.07, 6.45) is 66.7. The fraction of sp³-hybridized carbons (Fsp3) is 0.889. The van der Waals surface area contributed by atoms with Crippen LogP contribution < -0.4 is 0 Å². The highest BCUT2D eigenvalue weighted by Gasteiger charge is 2.46. The first kappa shape index (κ1) is 89.7. The predicted molar refractivity (Wildman–Crippen MR) is 426 cm³/mol. The van der Waals surface area contributed by atoms with Crippen molar-refractivity contribution in [1.82, 2.24) is 24.5 Å². The summed E-state index contributed by atoms with van der Waals surface area (Å²) in [5.74, 6) is 5.27. The fourth-order valence-electron chi connectivity index (χ4n) is 20.1. The van der Waals surface area contributed by atoms with E-state index in [1.807, 2.05) is 0 Å². The van der Waals surface area contributed by atoms with Crippen molar-refractivity contribution in [3.8, 4) is 0 Å². The van der Waals surface area contributed by atoms with Crippen molar-refractivity contribution in [2.75, 3.05) is 32.7 Å². The van der Waals surface area contributed by atoms with E-state index in [9.17, 15) is 38.4 Å². The summed E-state index contributed by atoms with van der Waals surface area (Å²) in [7, 11) is 0. The zero-order valence-electron chi connectivity index (χ0n) is 68.5. The number of imide groups is 3. The van der Waals surface area contributed by atoms with Crippen LogP contribution in [-0.4, -0.2) is 117 Å². The lowest BCUT2D eigenvalue weighted by Gasteiger charge is -2.44. The molecule has 5 aliphatic rings. The molecule has 0 aromatic heterocycles. The second-order valence-corrected chi connectivity index (χ2v) is 35.1. The molecule has 13 heteroatoms. The number of hydrogen-bond donors (Lipinski definition) is 0. The van der Waals surface area contributed by atoms with Crippen LogP contribution in [-0.2, 0) is 38.4 Å². The Morgan fingerprint density at radius 3 is 1.09 bits per heavy atom. The van der Waals surface area contributed by atoms with Crippen LogP contribution in [0.1, 0.15) is 410 Å². The minimum atomic E-state index is -0.800. The lowest BCUT2D eigenvalue weighted by molar-refractivity contribution is -0.144. The SMILES string of the molecule is CCCCCCCCC1C(CCCCCC)CCC(C)C1CCCCCCCCN1C(=O)CC(N(CC(C)(C)CC(C)CCN(C(C)=O)C2CC(=O)N(CCCCCCCCC3C(CCCCCCCCN4C(=O)C=CC4=O)CCC(CCCCCC)C3CCCCCCCC)C2=O)C(C)=O)C1=O. The smallest absolute Gasteiger partial charge is 0.253 e. The average Bonchev–Trinajstić information content (AvgIpc) is 1.70. The lowest BCUT2D eigenvalue weighted by Crippen LogP contribution is -2.48. The Morgan fingerprint density at radius 2 is 0.709 bits per heavy atom. The normalized spacial score (nSPS) is 23.5. The maximum absolute atomic E-state index is 14.0. The molecule has 0 N–H and O–H groups in total. The molecule has 2 saturated heterocycles. The van der Waals surface area contributed by atoms with Crippen molar-refractivity contribution in [1.29, 1.82) is 0 Å². The van der Waals surface area contributed by atoms with Crippen molar-refractivity contribution in [3.63, 3.8) is 0 Å². The first-order chi connectivity index (χ1) is 49.8. The highest BCUT2D eigenvalue weighted by atomic mass is 16.2. The molecule has 3 aliphatic heterocycles. The van der Waals surface area contributed by atoms with Gasteiger partial charge in [-0.25, -0.2) is 0 Å². The summed E-state index contributed by atoms with van der Waals surface area (Å²) < 4.78 is 0. The van der Waals surface area contributed by atoms with Gasteiger partial charge in [0.25, 0.3) is 23.6 Å². The molecule has 8 amide bonds. The van der Waals surface area contributed by atoms with E-state index in [2.05, 4.69) is 55.4 Å². The minimum absolute atomic E-state index is 0.0171. The Bertz CT molecular complexity index is 2440. The Balaban J connectivity index is 1.01. The third-order valence-corrected chi connectivity index (χ3v) is 26.0. The van der Waals surface area contributed by atoms with Gasteiger partial charge < -0.3 is 9.80 Å². The van der Waals surface area contributed by atoms with Gasteiger partial charge in [0.05, 0.1) is 12.8 Å². The monoisotopic (exact) mass is 1440 g/mol. The Kier molecular flexibility index (Phi) is 44.8. The van der Waals surface area contributed by atoms with E-state index in [1.54, 1.807) is 9.80 Å². The van der Waals surface area contributed by atoms with Gasteiger partial charge in [0.15, 0.2) is 0 Å². The van der Waals surface area contributed by atoms with E-state index in [0.717, 1.165) is 112 Å². The zero-order chi connectivity index (χ0) is 74.8. The second-order valence-electron chi connectivity index (χ2n) is 35.1. The molecule has 11 unspecified atom stereocenters. The largest absolute Gasteiger partial charge is 0.330 e. The molecule has 2 aliphatic carbocycles. The minimum Gasteiger partial charge on any atom is -0.330 e. The number of hydrogen-bond acceptors (Lipinski definition) is 8. The van der Waals surface area contributed by atoms with Crippen LogP contribution in [0.2, 0.25) is 0 Å². The molecule has 0 spiro atoms. The van der Waals surface area contributed by atoms with Crippen molar-refractivity contribution in [2.45, 2.75) is 422 Å². The molecule has 5 rings (SSSR count). The number of unbranched alkanes of at least 4 members (excludes halogenated alkanes) is 31. The average molecular weight is 1440 g/mol. The standard InChI is InChI=1S/C90H159N5O8/c1-11-15-19-23-32-43-53-79-75(49-39-21-17-13-3)57-56-72(6)78(79)52-42-34-26-29-37-48-65-94-87(101)68-83(89(94)103)95(74(8)97)70-90(9,10)69-71(5)62-66-91(73(7)96)82-67-86(100)93(88(82)102)64-47-38-30-27-35-45-55-81-77(51-41-31-25-28-36-46-63-92-84(98)60-61-85(92)99)59-58-76(50-40-22-18-14-4)80(81)54-44-33-24-20-16-12-2/h60-61,71-72,75-83H,11-59,62-70H2,1-10H3. The first-order valence-electron chi connectivity index (χ1n) is 44.5. The van der Waals surface area contributed by atoms with Gasteiger partial charge in [-0.2, -0.15) is 0 Å². The molecule has 0 radical (unpaired) electrons. The molecular weight excluding hydrogens is 1280 g/mol. The van der Waals surface area contributed by atoms with Crippen molar-refractivity contribution < 1.29 is 38.4 Å². The van der Waals surface area contributed by atoms with Gasteiger partial charge in [-0.3, -0.25) is 53.1 Å². The van der Waals surface area contributed by atoms with E-state index < -0.39 is 17.5 Å². The topological polar surface area (TPSA) is 153 Å². The van der Waals surface area contributed by atoms with Crippen LogP contribution >= 0.6 is 0 Å². The molecule has 103 heavy (non-hydrogen) atoms. The van der Waals surface area contributed by atoms with Crippen molar-refractivity contribution >= 4 is 47.3 Å². The third kappa shape index (κ3) is 32.4. The van der Waals surface area contributed by atoms with Gasteiger partial charge in [0.1, 0.15) is 12.1 Å². The number of amides is 8. The number of nitrogens with zero attached hydrogens (tertiary/aromatic N) is 5. The molecular formula is C90H159N5O8. The van der Waals surface area contributed by atoms with Crippen LogP contribution in [0.25, 0.3) is 0 Å². The summed E-state index contributed by atoms with van der Waals surface area (Å²) in [6, 6.07) is -1.59. The number of carbonyl (C=O) groups excluding carboxylic acids is 8. The molecule has 11 atom stereocenters. The van der Waals surface area contributed by atoms with Crippen LogP contribution in [0.3, 0.4) is 0 Å². The van der Waals surface area contributed by atoms with Gasteiger partial charge >= 0.3 is 0 Å². The van der Waals surface area contributed by atoms with Crippen molar-refractivity contribution in [3.05, 3.63) is 12.2 Å². The first-order valence-corrected chi connectivity index (χ1v) is 44.5. The lowest BCUT2D eigenvalue weighted by atomic mass is 9.61. The molecule has 4 fully saturated rings. The van der Waals surface area contributed by atoms with E-state index >= 15 is 0 Å². The summed E-state index contributed by atoms with van der Waals surface area (Å²) in [5.41, 5.74) is -0.408. The molecule has 0 aromatic rings. The number of rotatable bonds is 60. The quantitative estimate of drug-likeness (QED) is 0.0431. The molecule has 3 heterocycles. The van der Waals surface area contributed by atoms with Gasteiger partial charge in [0, 0.05) is 58.7 Å². The molecule has 0 aromatic carbocycles. The fourth-order valence-corrected chi connectivity index (χ4v) is 20.1. The van der Waals surface area contributed by atoms with Crippen molar-refractivity contribution in [2.24, 2.45) is 58.7 Å². The summed E-state index contributed by atoms with van der Waals surface area (Å²) >= 11 is 0. The van der Waals surface area contributed by atoms with Gasteiger partial charge in [-0.15, -0.1) is 0 Å². The van der Waals surface area contributed by atoms with Crippen LogP contribution in [0.15, 0.2) is 12.2 Å². The van der Waals surface area contributed by atoms with Gasteiger partial charge in [-0.1, -0.05) is 306 Å². The molecule has 592 valence electrons. The zero-order valence-corrected chi connectivity index (χ0v) is 68.5. The number of carbonyl (C=O) groups is 8. The van der Waals surface area contributed by atoms with Gasteiger partial charge in [-0.05, 0) is 136 Å². The Morgan fingerprint density at radius 1 is 0.408 bits per heavy atom. The van der Waals surface area contributed by atoms with E-state index in [0.29, 0.717) is 45.6 Å². The predicted octanol–water partition coefficient (Wildman–Crippen LogP) is 22.5. The maximum Gasteiger partial charge on any atom is 0.253 e. The molecule has 2 saturated carbocycles. The van der Waals surface area contributed by atoms with E-state index in [1.165, 1.54) is 291 Å². The summed E-state index contributed by atoms with van der Waals surface area (Å²) in [5, 5.41) is 0. The summed E-state index contributed by atoms with van der Waals surface area (Å²) in [6.45, 7) is 23.1. The van der Waals surface area contributed by atoms with Gasteiger partial charge in [0.2, 0.25) is 23.6 Å². The Hall–Kier alpha value is -3.90. The van der Waals surface area contributed by atoms with Crippen LogP contribution in [0.5, 0.6) is 0 Å². The second kappa shape index (κ2) is 51.4. The molecule has 0 bridgehead atoms. The third-order valence-electron chi connectivity index (χ3n) is 26.0. The maximum atomic E-state index is 14.0. The number of likely N-dealkylation sites (tertiary alicyclic amines) is 2. The van der Waals surface area contributed by atoms with E-state index in [-0.39, 0.29) is 66.0 Å². The van der Waals surface area contributed by atoms with E-state index in [4.69, 9.17) is 0 Å². The molecule has 13 nitrogen and oxygen atoms in total. The van der Waals surface area contributed by atoms with Crippen LogP contribution in [0, 0.1) is 58.7 Å².